The van der Waals surface area contributed by atoms with Gasteiger partial charge in [0.2, 0.25) is 0 Å². The van der Waals surface area contributed by atoms with Gasteiger partial charge in [0, 0.05) is 16.6 Å². The zero-order valence-electron chi connectivity index (χ0n) is 9.48. The normalized spacial score (nSPS) is 19.7. The highest BCUT2D eigenvalue weighted by atomic mass is 79.9. The van der Waals surface area contributed by atoms with Gasteiger partial charge in [0.05, 0.1) is 10.7 Å². The summed E-state index contributed by atoms with van der Waals surface area (Å²) >= 11 is 5.58. The summed E-state index contributed by atoms with van der Waals surface area (Å²) in [5.74, 6) is 0. The average Bonchev–Trinajstić information content (AvgIpc) is 2.77. The summed E-state index contributed by atoms with van der Waals surface area (Å²) in [6.07, 6.45) is 6.72. The van der Waals surface area contributed by atoms with Crippen LogP contribution in [0.5, 0.6) is 0 Å². The monoisotopic (exact) mass is 287 g/mol. The third-order valence-corrected chi connectivity index (χ3v) is 5.81. The van der Waals surface area contributed by atoms with Crippen molar-refractivity contribution in [2.75, 3.05) is 5.33 Å². The summed E-state index contributed by atoms with van der Waals surface area (Å²) in [5.41, 5.74) is 1.73. The highest BCUT2D eigenvalue weighted by Gasteiger charge is 2.33. The van der Waals surface area contributed by atoms with Gasteiger partial charge in [-0.2, -0.15) is 0 Å². The number of aromatic nitrogens is 1. The van der Waals surface area contributed by atoms with E-state index in [9.17, 15) is 0 Å². The Kier molecular flexibility index (Phi) is 3.51. The first-order valence-corrected chi connectivity index (χ1v) is 7.58. The molecule has 0 aliphatic heterocycles. The third kappa shape index (κ3) is 2.44. The third-order valence-electron chi connectivity index (χ3n) is 3.55. The highest BCUT2D eigenvalue weighted by Crippen LogP contribution is 2.43. The first-order chi connectivity index (χ1) is 7.15. The first-order valence-electron chi connectivity index (χ1n) is 5.64. The predicted octanol–water partition coefficient (Wildman–Crippen LogP) is 4.26. The lowest BCUT2D eigenvalue weighted by Crippen LogP contribution is -2.21. The number of aryl methyl sites for hydroxylation is 2. The van der Waals surface area contributed by atoms with Crippen molar-refractivity contribution in [3.63, 3.8) is 0 Å². The molecular weight excluding hydrogens is 270 g/mol. The van der Waals surface area contributed by atoms with Gasteiger partial charge in [-0.05, 0) is 32.1 Å². The van der Waals surface area contributed by atoms with Gasteiger partial charge >= 0.3 is 0 Å². The molecule has 1 aromatic heterocycles. The zero-order valence-corrected chi connectivity index (χ0v) is 11.9. The lowest BCUT2D eigenvalue weighted by atomic mass is 9.85. The van der Waals surface area contributed by atoms with Gasteiger partial charge < -0.3 is 0 Å². The highest BCUT2D eigenvalue weighted by molar-refractivity contribution is 9.09. The van der Waals surface area contributed by atoms with E-state index in [1.54, 1.807) is 0 Å². The van der Waals surface area contributed by atoms with Crippen molar-refractivity contribution < 1.29 is 0 Å². The summed E-state index contributed by atoms with van der Waals surface area (Å²) in [4.78, 5) is 6.05. The molecule has 1 saturated carbocycles. The second-order valence-electron chi connectivity index (χ2n) is 4.77. The molecule has 1 fully saturated rings. The van der Waals surface area contributed by atoms with Crippen LogP contribution < -0.4 is 0 Å². The first kappa shape index (κ1) is 11.6. The fraction of sp³-hybridized carbons (Fsp3) is 0.750. The second-order valence-corrected chi connectivity index (χ2v) is 6.62. The van der Waals surface area contributed by atoms with Crippen molar-refractivity contribution >= 4 is 27.3 Å². The predicted molar refractivity (Wildman–Crippen MR) is 70.0 cm³/mol. The quantitative estimate of drug-likeness (QED) is 0.757. The van der Waals surface area contributed by atoms with Crippen LogP contribution in [0.1, 0.15) is 41.3 Å². The van der Waals surface area contributed by atoms with E-state index < -0.39 is 0 Å². The van der Waals surface area contributed by atoms with Crippen molar-refractivity contribution in [2.24, 2.45) is 5.41 Å². The summed E-state index contributed by atoms with van der Waals surface area (Å²) in [6, 6.07) is 0. The SMILES string of the molecule is Cc1nc(CC2(CBr)CCCC2)sc1C. The molecule has 1 aliphatic carbocycles. The molecule has 0 unspecified atom stereocenters. The van der Waals surface area contributed by atoms with Gasteiger partial charge in [0.25, 0.3) is 0 Å². The number of alkyl halides is 1. The molecule has 0 spiro atoms. The Hall–Kier alpha value is 0.110. The number of rotatable bonds is 3. The zero-order chi connectivity index (χ0) is 10.9. The maximum absolute atomic E-state index is 4.66. The Morgan fingerprint density at radius 2 is 2.00 bits per heavy atom. The summed E-state index contributed by atoms with van der Waals surface area (Å²) in [6.45, 7) is 4.29. The Morgan fingerprint density at radius 1 is 1.33 bits per heavy atom. The smallest absolute Gasteiger partial charge is 0.0936 e. The van der Waals surface area contributed by atoms with Gasteiger partial charge in [-0.25, -0.2) is 4.98 Å². The molecule has 0 radical (unpaired) electrons. The van der Waals surface area contributed by atoms with Gasteiger partial charge in [-0.3, -0.25) is 0 Å². The van der Waals surface area contributed by atoms with E-state index in [1.807, 2.05) is 11.3 Å². The van der Waals surface area contributed by atoms with Crippen LogP contribution in [-0.2, 0) is 6.42 Å². The minimum Gasteiger partial charge on any atom is -0.246 e. The topological polar surface area (TPSA) is 12.9 Å². The minimum absolute atomic E-state index is 0.511. The van der Waals surface area contributed by atoms with Gasteiger partial charge in [-0.15, -0.1) is 11.3 Å². The minimum atomic E-state index is 0.511. The standard InChI is InChI=1S/C12H18BrNS/c1-9-10(2)15-11(14-9)7-12(8-13)5-3-4-6-12/h3-8H2,1-2H3. The van der Waals surface area contributed by atoms with E-state index in [0.29, 0.717) is 5.41 Å². The second kappa shape index (κ2) is 4.54. The van der Waals surface area contributed by atoms with Crippen molar-refractivity contribution in [3.8, 4) is 0 Å². The molecular formula is C12H18BrNS. The molecule has 0 bridgehead atoms. The van der Waals surface area contributed by atoms with Crippen LogP contribution in [0.3, 0.4) is 0 Å². The number of nitrogens with zero attached hydrogens (tertiary/aromatic N) is 1. The fourth-order valence-electron chi connectivity index (χ4n) is 2.42. The Balaban J connectivity index is 2.12. The summed E-state index contributed by atoms with van der Waals surface area (Å²) < 4.78 is 0. The molecule has 0 atom stereocenters. The van der Waals surface area contributed by atoms with E-state index in [1.165, 1.54) is 47.7 Å². The van der Waals surface area contributed by atoms with E-state index in [2.05, 4.69) is 34.8 Å². The number of halogens is 1. The maximum Gasteiger partial charge on any atom is 0.0936 e. The molecule has 2 rings (SSSR count). The maximum atomic E-state index is 4.66. The molecule has 15 heavy (non-hydrogen) atoms. The van der Waals surface area contributed by atoms with E-state index in [0.717, 1.165) is 5.33 Å². The lowest BCUT2D eigenvalue weighted by molar-refractivity contribution is 0.346. The fourth-order valence-corrected chi connectivity index (χ4v) is 4.28. The Bertz CT molecular complexity index is 320. The van der Waals surface area contributed by atoms with Crippen molar-refractivity contribution in [1.82, 2.24) is 4.98 Å². The van der Waals surface area contributed by atoms with Gasteiger partial charge in [0.15, 0.2) is 0 Å². The molecule has 1 heterocycles. The van der Waals surface area contributed by atoms with Crippen molar-refractivity contribution in [2.45, 2.75) is 46.0 Å². The van der Waals surface area contributed by atoms with Crippen LogP contribution in [-0.4, -0.2) is 10.3 Å². The molecule has 0 N–H and O–H groups in total. The van der Waals surface area contributed by atoms with Crippen LogP contribution in [0.15, 0.2) is 0 Å². The number of thiazole rings is 1. The molecule has 1 aliphatic rings. The van der Waals surface area contributed by atoms with Crippen LogP contribution in [0.2, 0.25) is 0 Å². The summed E-state index contributed by atoms with van der Waals surface area (Å²) in [5, 5.41) is 2.48. The molecule has 0 saturated heterocycles. The largest absolute Gasteiger partial charge is 0.246 e. The molecule has 0 amide bonds. The van der Waals surface area contributed by atoms with Crippen molar-refractivity contribution in [1.29, 1.82) is 0 Å². The van der Waals surface area contributed by atoms with Gasteiger partial charge in [0.1, 0.15) is 0 Å². The molecule has 1 aromatic rings. The Labute approximate surface area is 104 Å². The van der Waals surface area contributed by atoms with Crippen LogP contribution in [0.4, 0.5) is 0 Å². The molecule has 3 heteroatoms. The number of hydrogen-bond donors (Lipinski definition) is 0. The molecule has 0 aromatic carbocycles. The number of hydrogen-bond acceptors (Lipinski definition) is 2. The average molecular weight is 288 g/mol. The van der Waals surface area contributed by atoms with E-state index in [-0.39, 0.29) is 0 Å². The van der Waals surface area contributed by atoms with Gasteiger partial charge in [-0.1, -0.05) is 28.8 Å². The van der Waals surface area contributed by atoms with Crippen LogP contribution in [0, 0.1) is 19.3 Å². The lowest BCUT2D eigenvalue weighted by Gasteiger charge is -2.24. The van der Waals surface area contributed by atoms with E-state index in [4.69, 9.17) is 0 Å². The van der Waals surface area contributed by atoms with Crippen LogP contribution in [0.25, 0.3) is 0 Å². The molecule has 1 nitrogen and oxygen atoms in total. The molecule has 84 valence electrons. The Morgan fingerprint density at radius 3 is 2.47 bits per heavy atom. The summed E-state index contributed by atoms with van der Waals surface area (Å²) in [7, 11) is 0. The van der Waals surface area contributed by atoms with E-state index >= 15 is 0 Å². The van der Waals surface area contributed by atoms with Crippen molar-refractivity contribution in [3.05, 3.63) is 15.6 Å². The van der Waals surface area contributed by atoms with Crippen LogP contribution >= 0.6 is 27.3 Å².